The molecule has 4 amide bonds. The largest absolute Gasteiger partial charge is 0.497 e. The van der Waals surface area contributed by atoms with Gasteiger partial charge >= 0.3 is 6.03 Å². The van der Waals surface area contributed by atoms with Crippen LogP contribution in [0.15, 0.2) is 24.3 Å². The van der Waals surface area contributed by atoms with E-state index in [1.54, 1.807) is 7.11 Å². The maximum Gasteiger partial charge on any atom is 0.325 e. The van der Waals surface area contributed by atoms with Gasteiger partial charge in [0.2, 0.25) is 5.91 Å². The van der Waals surface area contributed by atoms with Gasteiger partial charge in [0, 0.05) is 25.6 Å². The summed E-state index contributed by atoms with van der Waals surface area (Å²) >= 11 is 0. The van der Waals surface area contributed by atoms with Crippen molar-refractivity contribution in [2.24, 2.45) is 5.92 Å². The number of nitrogens with zero attached hydrogens (tertiary/aromatic N) is 2. The standard InChI is InChI=1S/C24H33N3O4/c1-17(19-8-9-19)27(16-18-6-10-20(31-2)11-7-18)21(28)12-15-26-22(29)24(25-23(26)30)13-4-3-5-14-24/h6-7,10-11,17,19H,3-5,8-9,12-16H2,1-2H3,(H,25,30). The molecule has 1 aromatic rings. The lowest BCUT2D eigenvalue weighted by Gasteiger charge is -2.31. The van der Waals surface area contributed by atoms with Gasteiger partial charge in [0.15, 0.2) is 0 Å². The summed E-state index contributed by atoms with van der Waals surface area (Å²) in [5, 5.41) is 2.92. The van der Waals surface area contributed by atoms with Crippen molar-refractivity contribution in [3.8, 4) is 5.75 Å². The van der Waals surface area contributed by atoms with E-state index in [2.05, 4.69) is 12.2 Å². The molecule has 168 valence electrons. The predicted molar refractivity (Wildman–Crippen MR) is 116 cm³/mol. The monoisotopic (exact) mass is 427 g/mol. The van der Waals surface area contributed by atoms with E-state index in [-0.39, 0.29) is 36.9 Å². The average Bonchev–Trinajstić information content (AvgIpc) is 3.60. The molecule has 1 spiro atoms. The number of imide groups is 1. The van der Waals surface area contributed by atoms with Gasteiger partial charge in [-0.05, 0) is 56.2 Å². The molecule has 3 aliphatic rings. The zero-order valence-corrected chi connectivity index (χ0v) is 18.6. The van der Waals surface area contributed by atoms with Crippen molar-refractivity contribution in [2.75, 3.05) is 13.7 Å². The number of nitrogens with one attached hydrogen (secondary N) is 1. The first-order valence-corrected chi connectivity index (χ1v) is 11.5. The van der Waals surface area contributed by atoms with Crippen molar-refractivity contribution in [3.63, 3.8) is 0 Å². The maximum absolute atomic E-state index is 13.2. The van der Waals surface area contributed by atoms with E-state index >= 15 is 0 Å². The average molecular weight is 428 g/mol. The Labute approximate surface area is 184 Å². The SMILES string of the molecule is COc1ccc(CN(C(=O)CCN2C(=O)NC3(CCCCC3)C2=O)C(C)C2CC2)cc1. The quantitative estimate of drug-likeness (QED) is 0.645. The third-order valence-electron chi connectivity index (χ3n) is 7.13. The molecule has 1 atom stereocenters. The van der Waals surface area contributed by atoms with Gasteiger partial charge in [-0.1, -0.05) is 31.4 Å². The number of methoxy groups -OCH3 is 1. The molecule has 2 saturated carbocycles. The van der Waals surface area contributed by atoms with Crippen LogP contribution in [-0.4, -0.2) is 52.9 Å². The number of urea groups is 1. The molecule has 7 heteroatoms. The normalized spacial score (nSPS) is 21.2. The first-order valence-electron chi connectivity index (χ1n) is 11.5. The highest BCUT2D eigenvalue weighted by Gasteiger charge is 2.51. The molecule has 1 N–H and O–H groups in total. The van der Waals surface area contributed by atoms with E-state index < -0.39 is 5.54 Å². The first-order chi connectivity index (χ1) is 14.9. The van der Waals surface area contributed by atoms with E-state index in [1.807, 2.05) is 29.2 Å². The van der Waals surface area contributed by atoms with Gasteiger partial charge < -0.3 is 15.0 Å². The highest BCUT2D eigenvalue weighted by atomic mass is 16.5. The second-order valence-corrected chi connectivity index (χ2v) is 9.23. The van der Waals surface area contributed by atoms with Crippen LogP contribution in [-0.2, 0) is 16.1 Å². The molecule has 1 unspecified atom stereocenters. The van der Waals surface area contributed by atoms with Crippen molar-refractivity contribution in [3.05, 3.63) is 29.8 Å². The lowest BCUT2D eigenvalue weighted by atomic mass is 9.82. The Kier molecular flexibility index (Phi) is 6.21. The Morgan fingerprint density at radius 2 is 1.87 bits per heavy atom. The van der Waals surface area contributed by atoms with Crippen LogP contribution < -0.4 is 10.1 Å². The second-order valence-electron chi connectivity index (χ2n) is 9.23. The van der Waals surface area contributed by atoms with Crippen LogP contribution >= 0.6 is 0 Å². The molecule has 2 aliphatic carbocycles. The molecule has 7 nitrogen and oxygen atoms in total. The summed E-state index contributed by atoms with van der Waals surface area (Å²) in [6.45, 7) is 2.76. The molecule has 1 aromatic carbocycles. The Hall–Kier alpha value is -2.57. The maximum atomic E-state index is 13.2. The number of carbonyl (C=O) groups is 3. The molecule has 3 fully saturated rings. The van der Waals surface area contributed by atoms with Gasteiger partial charge in [-0.2, -0.15) is 0 Å². The van der Waals surface area contributed by atoms with Gasteiger partial charge in [-0.3, -0.25) is 14.5 Å². The summed E-state index contributed by atoms with van der Waals surface area (Å²) in [6.07, 6.45) is 6.84. The zero-order valence-electron chi connectivity index (χ0n) is 18.6. The van der Waals surface area contributed by atoms with Crippen molar-refractivity contribution in [1.82, 2.24) is 15.1 Å². The number of rotatable bonds is 8. The summed E-state index contributed by atoms with van der Waals surface area (Å²) in [5.41, 5.74) is 0.306. The molecule has 0 aromatic heterocycles. The van der Waals surface area contributed by atoms with Crippen LogP contribution in [0.4, 0.5) is 4.79 Å². The van der Waals surface area contributed by atoms with Gasteiger partial charge in [-0.15, -0.1) is 0 Å². The number of carbonyl (C=O) groups excluding carboxylic acids is 3. The molecule has 1 saturated heterocycles. The van der Waals surface area contributed by atoms with Crippen molar-refractivity contribution >= 4 is 17.8 Å². The van der Waals surface area contributed by atoms with Crippen molar-refractivity contribution < 1.29 is 19.1 Å². The predicted octanol–water partition coefficient (Wildman–Crippen LogP) is 3.47. The number of amides is 4. The minimum absolute atomic E-state index is 0.0135. The molecule has 0 radical (unpaired) electrons. The number of hydrogen-bond acceptors (Lipinski definition) is 4. The minimum Gasteiger partial charge on any atom is -0.497 e. The van der Waals surface area contributed by atoms with E-state index in [0.717, 1.165) is 43.4 Å². The molecule has 4 rings (SSSR count). The van der Waals surface area contributed by atoms with Crippen molar-refractivity contribution in [2.45, 2.75) is 76.4 Å². The summed E-state index contributed by atoms with van der Waals surface area (Å²) in [5.74, 6) is 1.15. The fourth-order valence-corrected chi connectivity index (χ4v) is 4.94. The topological polar surface area (TPSA) is 79.0 Å². The molecule has 0 bridgehead atoms. The second kappa shape index (κ2) is 8.89. The lowest BCUT2D eigenvalue weighted by Crippen LogP contribution is -2.48. The van der Waals surface area contributed by atoms with Crippen molar-refractivity contribution in [1.29, 1.82) is 0 Å². The Bertz CT molecular complexity index is 828. The minimum atomic E-state index is -0.734. The number of ether oxygens (including phenoxy) is 1. The van der Waals surface area contributed by atoms with Crippen LogP contribution in [0.2, 0.25) is 0 Å². The zero-order chi connectivity index (χ0) is 22.0. The van der Waals surface area contributed by atoms with Crippen LogP contribution in [0.3, 0.4) is 0 Å². The first kappa shape index (κ1) is 21.7. The highest BCUT2D eigenvalue weighted by Crippen LogP contribution is 2.36. The fourth-order valence-electron chi connectivity index (χ4n) is 4.94. The number of hydrogen-bond donors (Lipinski definition) is 1. The number of benzene rings is 1. The molecular formula is C24H33N3O4. The van der Waals surface area contributed by atoms with Gasteiger partial charge in [0.05, 0.1) is 7.11 Å². The van der Waals surface area contributed by atoms with Crippen LogP contribution in [0.5, 0.6) is 5.75 Å². The molecule has 1 heterocycles. The third kappa shape index (κ3) is 4.55. The van der Waals surface area contributed by atoms with Gasteiger partial charge in [0.25, 0.3) is 5.91 Å². The summed E-state index contributed by atoms with van der Waals surface area (Å²) in [7, 11) is 1.63. The molecule has 31 heavy (non-hydrogen) atoms. The molecule has 1 aliphatic heterocycles. The van der Waals surface area contributed by atoms with Crippen LogP contribution in [0, 0.1) is 5.92 Å². The van der Waals surface area contributed by atoms with Gasteiger partial charge in [0.1, 0.15) is 11.3 Å². The van der Waals surface area contributed by atoms with Crippen LogP contribution in [0.1, 0.15) is 63.9 Å². The summed E-state index contributed by atoms with van der Waals surface area (Å²) < 4.78 is 5.22. The van der Waals surface area contributed by atoms with E-state index in [9.17, 15) is 14.4 Å². The summed E-state index contributed by atoms with van der Waals surface area (Å²) in [4.78, 5) is 41.9. The fraction of sp³-hybridized carbons (Fsp3) is 0.625. The molecular weight excluding hydrogens is 394 g/mol. The van der Waals surface area contributed by atoms with E-state index in [4.69, 9.17) is 4.74 Å². The van der Waals surface area contributed by atoms with Gasteiger partial charge in [-0.25, -0.2) is 4.79 Å². The third-order valence-corrected chi connectivity index (χ3v) is 7.13. The Morgan fingerprint density at radius 1 is 1.19 bits per heavy atom. The summed E-state index contributed by atoms with van der Waals surface area (Å²) in [6, 6.07) is 7.54. The van der Waals surface area contributed by atoms with Crippen LogP contribution in [0.25, 0.3) is 0 Å². The van der Waals surface area contributed by atoms with E-state index in [1.165, 1.54) is 4.90 Å². The van der Waals surface area contributed by atoms with E-state index in [0.29, 0.717) is 25.3 Å². The highest BCUT2D eigenvalue weighted by molar-refractivity contribution is 6.07. The smallest absolute Gasteiger partial charge is 0.325 e. The Balaban J connectivity index is 1.41. The lowest BCUT2D eigenvalue weighted by molar-refractivity contribution is -0.136. The Morgan fingerprint density at radius 3 is 2.48 bits per heavy atom.